The van der Waals surface area contributed by atoms with E-state index in [1.807, 2.05) is 0 Å². The van der Waals surface area contributed by atoms with Crippen molar-refractivity contribution in [2.45, 2.75) is 33.1 Å². The third kappa shape index (κ3) is 4.80. The minimum absolute atomic E-state index is 0.329. The third-order valence-electron chi connectivity index (χ3n) is 3.94. The highest BCUT2D eigenvalue weighted by Gasteiger charge is 2.18. The molecule has 1 unspecified atom stereocenters. The van der Waals surface area contributed by atoms with Crippen LogP contribution in [0.25, 0.3) is 0 Å². The summed E-state index contributed by atoms with van der Waals surface area (Å²) in [5.74, 6) is 1.46. The van der Waals surface area contributed by atoms with Crippen molar-refractivity contribution in [3.8, 4) is 5.75 Å². The standard InChI is InChI=1S/C17H27NO2/c1-14-9-15(2)11-17(10-14)20-8-4-7-18-6-3-5-16(12-18)13-19/h9-11,16,19H,3-8,12-13H2,1-2H3. The number of hydrogen-bond donors (Lipinski definition) is 1. The molecule has 1 heterocycles. The van der Waals surface area contributed by atoms with Crippen molar-refractivity contribution >= 4 is 0 Å². The van der Waals surface area contributed by atoms with E-state index < -0.39 is 0 Å². The van der Waals surface area contributed by atoms with E-state index in [4.69, 9.17) is 4.74 Å². The lowest BCUT2D eigenvalue weighted by molar-refractivity contribution is 0.115. The van der Waals surface area contributed by atoms with Crippen LogP contribution in [0.4, 0.5) is 0 Å². The number of benzene rings is 1. The molecule has 0 radical (unpaired) electrons. The number of piperidine rings is 1. The van der Waals surface area contributed by atoms with E-state index in [1.165, 1.54) is 30.5 Å². The van der Waals surface area contributed by atoms with Gasteiger partial charge in [0, 0.05) is 19.7 Å². The number of aryl methyl sites for hydroxylation is 2. The van der Waals surface area contributed by atoms with Gasteiger partial charge in [-0.05, 0) is 68.8 Å². The molecular weight excluding hydrogens is 250 g/mol. The van der Waals surface area contributed by atoms with Crippen LogP contribution in [0.5, 0.6) is 5.75 Å². The third-order valence-corrected chi connectivity index (χ3v) is 3.94. The highest BCUT2D eigenvalue weighted by atomic mass is 16.5. The lowest BCUT2D eigenvalue weighted by Crippen LogP contribution is -2.37. The fourth-order valence-electron chi connectivity index (χ4n) is 3.00. The maximum Gasteiger partial charge on any atom is 0.119 e. The Morgan fingerprint density at radius 2 is 2.00 bits per heavy atom. The minimum Gasteiger partial charge on any atom is -0.494 e. The SMILES string of the molecule is Cc1cc(C)cc(OCCCN2CCCC(CO)C2)c1. The quantitative estimate of drug-likeness (QED) is 0.812. The summed E-state index contributed by atoms with van der Waals surface area (Å²) in [6.07, 6.45) is 3.43. The zero-order chi connectivity index (χ0) is 14.4. The van der Waals surface area contributed by atoms with Crippen LogP contribution in [-0.2, 0) is 0 Å². The van der Waals surface area contributed by atoms with E-state index in [-0.39, 0.29) is 0 Å². The first-order valence-corrected chi connectivity index (χ1v) is 7.71. The van der Waals surface area contributed by atoms with E-state index in [2.05, 4.69) is 36.9 Å². The number of ether oxygens (including phenoxy) is 1. The highest BCUT2D eigenvalue weighted by molar-refractivity contribution is 5.32. The first-order valence-electron chi connectivity index (χ1n) is 7.71. The predicted octanol–water partition coefficient (Wildman–Crippen LogP) is 2.78. The van der Waals surface area contributed by atoms with Gasteiger partial charge in [-0.25, -0.2) is 0 Å². The molecule has 0 saturated carbocycles. The van der Waals surface area contributed by atoms with Crippen molar-refractivity contribution < 1.29 is 9.84 Å². The molecule has 2 rings (SSSR count). The van der Waals surface area contributed by atoms with Crippen LogP contribution in [0.15, 0.2) is 18.2 Å². The molecule has 0 aliphatic carbocycles. The number of nitrogens with zero attached hydrogens (tertiary/aromatic N) is 1. The second-order valence-corrected chi connectivity index (χ2v) is 6.02. The van der Waals surface area contributed by atoms with Crippen LogP contribution in [0.1, 0.15) is 30.4 Å². The van der Waals surface area contributed by atoms with Gasteiger partial charge in [0.1, 0.15) is 5.75 Å². The normalized spacial score (nSPS) is 20.1. The van der Waals surface area contributed by atoms with Crippen LogP contribution in [0.3, 0.4) is 0 Å². The van der Waals surface area contributed by atoms with E-state index >= 15 is 0 Å². The summed E-state index contributed by atoms with van der Waals surface area (Å²) in [4.78, 5) is 2.45. The summed E-state index contributed by atoms with van der Waals surface area (Å²) < 4.78 is 5.84. The lowest BCUT2D eigenvalue weighted by atomic mass is 9.99. The number of likely N-dealkylation sites (tertiary alicyclic amines) is 1. The van der Waals surface area contributed by atoms with Crippen LogP contribution < -0.4 is 4.74 Å². The van der Waals surface area contributed by atoms with Gasteiger partial charge >= 0.3 is 0 Å². The second-order valence-electron chi connectivity index (χ2n) is 6.02. The molecule has 1 saturated heterocycles. The molecule has 1 aromatic carbocycles. The molecule has 1 atom stereocenters. The Bertz CT molecular complexity index is 399. The summed E-state index contributed by atoms with van der Waals surface area (Å²) in [6.45, 7) is 8.57. The largest absolute Gasteiger partial charge is 0.494 e. The summed E-state index contributed by atoms with van der Waals surface area (Å²) in [6, 6.07) is 6.35. The number of hydrogen-bond acceptors (Lipinski definition) is 3. The first-order chi connectivity index (χ1) is 9.67. The first kappa shape index (κ1) is 15.3. The molecule has 20 heavy (non-hydrogen) atoms. The minimum atomic E-state index is 0.329. The Morgan fingerprint density at radius 1 is 1.25 bits per heavy atom. The summed E-state index contributed by atoms with van der Waals surface area (Å²) in [7, 11) is 0. The molecule has 3 nitrogen and oxygen atoms in total. The number of rotatable bonds is 6. The second kappa shape index (κ2) is 7.65. The molecule has 0 amide bonds. The van der Waals surface area contributed by atoms with Crippen molar-refractivity contribution in [2.75, 3.05) is 32.8 Å². The van der Waals surface area contributed by atoms with Gasteiger partial charge in [0.25, 0.3) is 0 Å². The van der Waals surface area contributed by atoms with Gasteiger partial charge in [0.05, 0.1) is 6.61 Å². The smallest absolute Gasteiger partial charge is 0.119 e. The molecule has 3 heteroatoms. The molecule has 1 aliphatic rings. The topological polar surface area (TPSA) is 32.7 Å². The molecule has 1 fully saturated rings. The molecule has 112 valence electrons. The van der Waals surface area contributed by atoms with E-state index in [0.717, 1.165) is 31.9 Å². The van der Waals surface area contributed by atoms with Crippen molar-refractivity contribution in [3.63, 3.8) is 0 Å². The van der Waals surface area contributed by atoms with Gasteiger partial charge in [0.2, 0.25) is 0 Å². The van der Waals surface area contributed by atoms with E-state index in [1.54, 1.807) is 0 Å². The van der Waals surface area contributed by atoms with Crippen molar-refractivity contribution in [3.05, 3.63) is 29.3 Å². The molecule has 0 spiro atoms. The predicted molar refractivity (Wildman–Crippen MR) is 82.3 cm³/mol. The van der Waals surface area contributed by atoms with Crippen LogP contribution in [0.2, 0.25) is 0 Å². The maximum atomic E-state index is 9.23. The maximum absolute atomic E-state index is 9.23. The fourth-order valence-corrected chi connectivity index (χ4v) is 3.00. The van der Waals surface area contributed by atoms with Gasteiger partial charge in [-0.15, -0.1) is 0 Å². The van der Waals surface area contributed by atoms with Gasteiger partial charge in [-0.2, -0.15) is 0 Å². The summed E-state index contributed by atoms with van der Waals surface area (Å²) in [5.41, 5.74) is 2.50. The Balaban J connectivity index is 1.68. The Hall–Kier alpha value is -1.06. The number of aliphatic hydroxyl groups is 1. The molecule has 0 aromatic heterocycles. The monoisotopic (exact) mass is 277 g/mol. The van der Waals surface area contributed by atoms with E-state index in [9.17, 15) is 5.11 Å². The summed E-state index contributed by atoms with van der Waals surface area (Å²) >= 11 is 0. The molecule has 0 bridgehead atoms. The highest BCUT2D eigenvalue weighted by Crippen LogP contribution is 2.17. The molecule has 1 aliphatic heterocycles. The van der Waals surface area contributed by atoms with Crippen molar-refractivity contribution in [1.29, 1.82) is 0 Å². The molecular formula is C17H27NO2. The average molecular weight is 277 g/mol. The zero-order valence-corrected chi connectivity index (χ0v) is 12.8. The zero-order valence-electron chi connectivity index (χ0n) is 12.8. The molecule has 1 aromatic rings. The average Bonchev–Trinajstić information content (AvgIpc) is 2.43. The summed E-state index contributed by atoms with van der Waals surface area (Å²) in [5, 5.41) is 9.23. The van der Waals surface area contributed by atoms with Crippen LogP contribution in [-0.4, -0.2) is 42.9 Å². The Labute approximate surface area is 122 Å². The lowest BCUT2D eigenvalue weighted by Gasteiger charge is -2.31. The van der Waals surface area contributed by atoms with Gasteiger partial charge in [-0.3, -0.25) is 0 Å². The molecule has 1 N–H and O–H groups in total. The van der Waals surface area contributed by atoms with Crippen molar-refractivity contribution in [2.24, 2.45) is 5.92 Å². The van der Waals surface area contributed by atoms with Crippen LogP contribution >= 0.6 is 0 Å². The number of aliphatic hydroxyl groups excluding tert-OH is 1. The van der Waals surface area contributed by atoms with Gasteiger partial charge < -0.3 is 14.7 Å². The van der Waals surface area contributed by atoms with Gasteiger partial charge in [-0.1, -0.05) is 6.07 Å². The van der Waals surface area contributed by atoms with E-state index in [0.29, 0.717) is 12.5 Å². The van der Waals surface area contributed by atoms with Gasteiger partial charge in [0.15, 0.2) is 0 Å². The van der Waals surface area contributed by atoms with Crippen LogP contribution in [0, 0.1) is 19.8 Å². The Morgan fingerprint density at radius 3 is 2.70 bits per heavy atom. The Kier molecular flexibility index (Phi) is 5.86. The fraction of sp³-hybridized carbons (Fsp3) is 0.647. The van der Waals surface area contributed by atoms with Crippen molar-refractivity contribution in [1.82, 2.24) is 4.90 Å².